The third-order valence-corrected chi connectivity index (χ3v) is 5.26. The molecule has 3 unspecified atom stereocenters. The second-order valence-electron chi connectivity index (χ2n) is 8.54. The van der Waals surface area contributed by atoms with Crippen molar-refractivity contribution in [1.29, 1.82) is 0 Å². The molecule has 0 aliphatic rings. The lowest BCUT2D eigenvalue weighted by Crippen LogP contribution is -2.35. The van der Waals surface area contributed by atoms with E-state index in [2.05, 4.69) is 58.0 Å². The third-order valence-electron chi connectivity index (χ3n) is 5.26. The zero-order valence-electron chi connectivity index (χ0n) is 17.7. The van der Waals surface area contributed by atoms with E-state index < -0.39 is 0 Å². The van der Waals surface area contributed by atoms with Crippen molar-refractivity contribution in [1.82, 2.24) is 0 Å². The van der Waals surface area contributed by atoms with Gasteiger partial charge < -0.3 is 14.6 Å². The van der Waals surface area contributed by atoms with Crippen LogP contribution >= 0.6 is 0 Å². The van der Waals surface area contributed by atoms with Crippen LogP contribution in [0.5, 0.6) is 0 Å². The highest BCUT2D eigenvalue weighted by Crippen LogP contribution is 2.24. The molecule has 0 aliphatic carbocycles. The van der Waals surface area contributed by atoms with E-state index in [-0.39, 0.29) is 23.7 Å². The van der Waals surface area contributed by atoms with Gasteiger partial charge in [-0.1, -0.05) is 51.1 Å². The van der Waals surface area contributed by atoms with Gasteiger partial charge in [-0.05, 0) is 57.4 Å². The van der Waals surface area contributed by atoms with Crippen molar-refractivity contribution in [3.05, 3.63) is 35.9 Å². The maximum absolute atomic E-state index is 10.3. The predicted octanol–water partition coefficient (Wildman–Crippen LogP) is 5.25. The quantitative estimate of drug-likeness (QED) is 0.486. The fourth-order valence-electron chi connectivity index (χ4n) is 3.08. The van der Waals surface area contributed by atoms with Crippen LogP contribution in [0.25, 0.3) is 0 Å². The lowest BCUT2D eigenvalue weighted by Gasteiger charge is -2.31. The number of aryl methyl sites for hydroxylation is 1. The van der Waals surface area contributed by atoms with Gasteiger partial charge in [-0.15, -0.1) is 0 Å². The Labute approximate surface area is 161 Å². The van der Waals surface area contributed by atoms with Crippen LogP contribution < -0.4 is 0 Å². The van der Waals surface area contributed by atoms with Crippen molar-refractivity contribution < 1.29 is 14.6 Å². The van der Waals surface area contributed by atoms with Crippen molar-refractivity contribution in [3.63, 3.8) is 0 Å². The molecule has 0 aliphatic heterocycles. The van der Waals surface area contributed by atoms with E-state index in [1.807, 2.05) is 13.8 Å². The summed E-state index contributed by atoms with van der Waals surface area (Å²) < 4.78 is 11.8. The molecular weight excluding hydrogens is 324 g/mol. The molecule has 0 radical (unpaired) electrons. The first-order valence-corrected chi connectivity index (χ1v) is 10.2. The molecule has 1 N–H and O–H groups in total. The molecule has 0 spiro atoms. The van der Waals surface area contributed by atoms with Crippen LogP contribution in [-0.2, 0) is 15.9 Å². The smallest absolute Gasteiger partial charge is 0.0707 e. The lowest BCUT2D eigenvalue weighted by molar-refractivity contribution is -0.0855. The number of rotatable bonds is 13. The van der Waals surface area contributed by atoms with Crippen molar-refractivity contribution >= 4 is 0 Å². The highest BCUT2D eigenvalue weighted by atomic mass is 16.5. The number of benzene rings is 1. The van der Waals surface area contributed by atoms with Gasteiger partial charge in [-0.2, -0.15) is 0 Å². The molecule has 150 valence electrons. The van der Waals surface area contributed by atoms with Crippen molar-refractivity contribution in [2.24, 2.45) is 11.8 Å². The summed E-state index contributed by atoms with van der Waals surface area (Å²) in [5.41, 5.74) is 1.06. The summed E-state index contributed by atoms with van der Waals surface area (Å²) in [5.74, 6) is 0.750. The van der Waals surface area contributed by atoms with E-state index in [4.69, 9.17) is 9.47 Å². The van der Waals surface area contributed by atoms with Gasteiger partial charge >= 0.3 is 0 Å². The van der Waals surface area contributed by atoms with E-state index in [1.165, 1.54) is 5.56 Å². The van der Waals surface area contributed by atoms with Gasteiger partial charge in [-0.3, -0.25) is 0 Å². The molecule has 3 heteroatoms. The van der Waals surface area contributed by atoms with Crippen LogP contribution in [0.3, 0.4) is 0 Å². The molecule has 1 rings (SSSR count). The fourth-order valence-corrected chi connectivity index (χ4v) is 3.08. The second-order valence-corrected chi connectivity index (χ2v) is 8.54. The number of hydrogen-bond donors (Lipinski definition) is 1. The summed E-state index contributed by atoms with van der Waals surface area (Å²) >= 11 is 0. The van der Waals surface area contributed by atoms with Crippen LogP contribution in [0, 0.1) is 11.8 Å². The largest absolute Gasteiger partial charge is 0.393 e. The van der Waals surface area contributed by atoms with Crippen LogP contribution in [0.1, 0.15) is 66.4 Å². The monoisotopic (exact) mass is 364 g/mol. The van der Waals surface area contributed by atoms with Crippen LogP contribution in [0.15, 0.2) is 30.3 Å². The van der Waals surface area contributed by atoms with E-state index in [1.54, 1.807) is 0 Å². The van der Waals surface area contributed by atoms with Gasteiger partial charge in [0.1, 0.15) is 0 Å². The molecule has 0 amide bonds. The minimum Gasteiger partial charge on any atom is -0.393 e. The Bertz CT molecular complexity index is 470. The molecule has 0 saturated carbocycles. The minimum atomic E-state index is -0.331. The van der Waals surface area contributed by atoms with Gasteiger partial charge in [0.05, 0.1) is 31.0 Å². The second kappa shape index (κ2) is 11.7. The number of hydrogen-bond acceptors (Lipinski definition) is 3. The Morgan fingerprint density at radius 1 is 1.00 bits per heavy atom. The summed E-state index contributed by atoms with van der Waals surface area (Å²) in [7, 11) is 0. The number of ether oxygens (including phenoxy) is 2. The summed E-state index contributed by atoms with van der Waals surface area (Å²) in [5, 5.41) is 10.3. The summed E-state index contributed by atoms with van der Waals surface area (Å²) in [4.78, 5) is 0. The molecule has 26 heavy (non-hydrogen) atoms. The lowest BCUT2D eigenvalue weighted by atomic mass is 9.86. The molecule has 0 saturated heterocycles. The zero-order valence-corrected chi connectivity index (χ0v) is 17.7. The first-order chi connectivity index (χ1) is 12.2. The molecule has 0 heterocycles. The highest BCUT2D eigenvalue weighted by molar-refractivity contribution is 5.14. The first-order valence-electron chi connectivity index (χ1n) is 10.2. The van der Waals surface area contributed by atoms with E-state index in [0.29, 0.717) is 25.6 Å². The van der Waals surface area contributed by atoms with Crippen molar-refractivity contribution in [3.8, 4) is 0 Å². The molecule has 0 bridgehead atoms. The molecule has 1 aromatic carbocycles. The molecule has 0 fully saturated rings. The zero-order chi connectivity index (χ0) is 19.6. The summed E-state index contributed by atoms with van der Waals surface area (Å²) in [6, 6.07) is 10.6. The summed E-state index contributed by atoms with van der Waals surface area (Å²) in [6.07, 6.45) is 3.86. The van der Waals surface area contributed by atoms with E-state index in [9.17, 15) is 5.11 Å². The Morgan fingerprint density at radius 2 is 1.65 bits per heavy atom. The number of aliphatic hydroxyl groups is 1. The van der Waals surface area contributed by atoms with Crippen LogP contribution in [0.2, 0.25) is 0 Å². The average molecular weight is 365 g/mol. The molecule has 0 aromatic heterocycles. The summed E-state index contributed by atoms with van der Waals surface area (Å²) in [6.45, 7) is 13.8. The minimum absolute atomic E-state index is 0.247. The van der Waals surface area contributed by atoms with E-state index in [0.717, 1.165) is 19.3 Å². The van der Waals surface area contributed by atoms with Crippen LogP contribution in [0.4, 0.5) is 0 Å². The van der Waals surface area contributed by atoms with Gasteiger partial charge in [0.25, 0.3) is 0 Å². The maximum atomic E-state index is 10.3. The molecular formula is C23H40O3. The predicted molar refractivity (Wildman–Crippen MR) is 109 cm³/mol. The maximum Gasteiger partial charge on any atom is 0.0707 e. The SMILES string of the molecule is CC(CCCc1ccccc1)OCCOC(C)(C)CC(O)C(C)C(C)C. The third kappa shape index (κ3) is 9.70. The number of aliphatic hydroxyl groups excluding tert-OH is 1. The Morgan fingerprint density at radius 3 is 2.27 bits per heavy atom. The first kappa shape index (κ1) is 23.1. The Balaban J connectivity index is 2.15. The standard InChI is InChI=1S/C23H40O3/c1-18(2)20(4)22(24)17-23(5,6)26-16-15-25-19(3)11-10-14-21-12-8-7-9-13-21/h7-9,12-13,18-20,22,24H,10-11,14-17H2,1-6H3. The molecule has 1 aromatic rings. The van der Waals surface area contributed by atoms with Gasteiger partial charge in [-0.25, -0.2) is 0 Å². The van der Waals surface area contributed by atoms with Gasteiger partial charge in [0.2, 0.25) is 0 Å². The van der Waals surface area contributed by atoms with Crippen LogP contribution in [-0.4, -0.2) is 36.1 Å². The normalized spacial score (nSPS) is 15.8. The fraction of sp³-hybridized carbons (Fsp3) is 0.739. The van der Waals surface area contributed by atoms with Gasteiger partial charge in [0, 0.05) is 6.42 Å². The van der Waals surface area contributed by atoms with Crippen molar-refractivity contribution in [2.75, 3.05) is 13.2 Å². The van der Waals surface area contributed by atoms with Crippen molar-refractivity contribution in [2.45, 2.75) is 85.0 Å². The average Bonchev–Trinajstić information content (AvgIpc) is 2.58. The Kier molecular flexibility index (Phi) is 10.4. The Hall–Kier alpha value is -0.900. The molecule has 3 atom stereocenters. The van der Waals surface area contributed by atoms with Gasteiger partial charge in [0.15, 0.2) is 0 Å². The topological polar surface area (TPSA) is 38.7 Å². The highest BCUT2D eigenvalue weighted by Gasteiger charge is 2.27. The molecule has 3 nitrogen and oxygen atoms in total. The van der Waals surface area contributed by atoms with E-state index >= 15 is 0 Å².